The monoisotopic (exact) mass is 263 g/mol. The molecule has 2 aliphatic carbocycles. The minimum absolute atomic E-state index is 0.0821. The van der Waals surface area contributed by atoms with Gasteiger partial charge in [0, 0.05) is 16.8 Å². The second-order valence-electron chi connectivity index (χ2n) is 5.48. The summed E-state index contributed by atoms with van der Waals surface area (Å²) >= 11 is 0. The van der Waals surface area contributed by atoms with Crippen LogP contribution in [0, 0.1) is 5.92 Å². The lowest BCUT2D eigenvalue weighted by Gasteiger charge is -2.13. The normalized spacial score (nSPS) is 16.8. The van der Waals surface area contributed by atoms with Crippen LogP contribution in [0.2, 0.25) is 0 Å². The van der Waals surface area contributed by atoms with Gasteiger partial charge in [0.15, 0.2) is 5.78 Å². The molecule has 1 fully saturated rings. The van der Waals surface area contributed by atoms with Crippen LogP contribution in [0.25, 0.3) is 5.57 Å². The highest BCUT2D eigenvalue weighted by atomic mass is 16.1. The third kappa shape index (κ3) is 1.46. The van der Waals surface area contributed by atoms with Gasteiger partial charge in [-0.3, -0.25) is 9.59 Å². The summed E-state index contributed by atoms with van der Waals surface area (Å²) in [5.41, 5.74) is 3.69. The van der Waals surface area contributed by atoms with Gasteiger partial charge in [-0.05, 0) is 30.4 Å². The highest BCUT2D eigenvalue weighted by molar-refractivity contribution is 6.28. The van der Waals surface area contributed by atoms with Crippen molar-refractivity contribution in [2.75, 3.05) is 0 Å². The second kappa shape index (κ2) is 3.79. The van der Waals surface area contributed by atoms with Crippen molar-refractivity contribution in [3.8, 4) is 0 Å². The average Bonchev–Trinajstić information content (AvgIpc) is 3.22. The Morgan fingerprint density at radius 3 is 2.35 bits per heavy atom. The molecule has 0 aliphatic heterocycles. The van der Waals surface area contributed by atoms with Gasteiger partial charge in [-0.15, -0.1) is 0 Å². The molecule has 1 heterocycles. The lowest BCUT2D eigenvalue weighted by atomic mass is 9.88. The molecule has 0 atom stereocenters. The summed E-state index contributed by atoms with van der Waals surface area (Å²) in [5.74, 6) is 0.314. The van der Waals surface area contributed by atoms with Crippen LogP contribution >= 0.6 is 0 Å². The number of carbonyl (C=O) groups excluding carboxylic acids is 2. The SMILES string of the molecule is C=C(c1cc2c([nH]1)C(=O)c1ccccc1C2=O)C1CC1. The summed E-state index contributed by atoms with van der Waals surface area (Å²) in [6.45, 7) is 4.08. The Morgan fingerprint density at radius 2 is 1.70 bits per heavy atom. The fourth-order valence-electron chi connectivity index (χ4n) is 2.80. The molecule has 20 heavy (non-hydrogen) atoms. The molecule has 3 nitrogen and oxygen atoms in total. The largest absolute Gasteiger partial charge is 0.351 e. The van der Waals surface area contributed by atoms with Gasteiger partial charge in [-0.2, -0.15) is 0 Å². The van der Waals surface area contributed by atoms with E-state index in [1.807, 2.05) is 0 Å². The van der Waals surface area contributed by atoms with E-state index in [0.717, 1.165) is 24.1 Å². The van der Waals surface area contributed by atoms with E-state index in [9.17, 15) is 9.59 Å². The smallest absolute Gasteiger partial charge is 0.210 e. The van der Waals surface area contributed by atoms with Crippen molar-refractivity contribution in [2.24, 2.45) is 5.92 Å². The highest BCUT2D eigenvalue weighted by Crippen LogP contribution is 2.41. The van der Waals surface area contributed by atoms with E-state index in [2.05, 4.69) is 11.6 Å². The van der Waals surface area contributed by atoms with Gasteiger partial charge in [0.1, 0.15) is 0 Å². The first-order chi connectivity index (χ1) is 9.66. The maximum atomic E-state index is 12.5. The molecule has 0 bridgehead atoms. The molecule has 0 radical (unpaired) electrons. The molecule has 1 N–H and O–H groups in total. The Morgan fingerprint density at radius 1 is 1.05 bits per heavy atom. The minimum Gasteiger partial charge on any atom is -0.351 e. The number of carbonyl (C=O) groups is 2. The Balaban J connectivity index is 1.87. The summed E-state index contributed by atoms with van der Waals surface area (Å²) in [5, 5.41) is 0. The fraction of sp³-hybridized carbons (Fsp3) is 0.176. The molecule has 1 aromatic carbocycles. The predicted molar refractivity (Wildman–Crippen MR) is 75.9 cm³/mol. The maximum Gasteiger partial charge on any atom is 0.210 e. The third-order valence-corrected chi connectivity index (χ3v) is 4.12. The molecule has 0 amide bonds. The number of nitrogens with one attached hydrogen (secondary N) is 1. The van der Waals surface area contributed by atoms with Crippen LogP contribution in [0.4, 0.5) is 0 Å². The van der Waals surface area contributed by atoms with E-state index in [0.29, 0.717) is 28.3 Å². The number of benzene rings is 1. The molecule has 2 aliphatic rings. The summed E-state index contributed by atoms with van der Waals surface area (Å²) in [6, 6.07) is 8.76. The van der Waals surface area contributed by atoms with Crippen molar-refractivity contribution in [3.63, 3.8) is 0 Å². The first kappa shape index (κ1) is 11.4. The number of rotatable bonds is 2. The van der Waals surface area contributed by atoms with Crippen molar-refractivity contribution in [1.29, 1.82) is 0 Å². The molecule has 3 heteroatoms. The molecule has 2 aromatic rings. The Kier molecular flexibility index (Phi) is 2.16. The quantitative estimate of drug-likeness (QED) is 0.771. The van der Waals surface area contributed by atoms with Gasteiger partial charge in [-0.1, -0.05) is 30.8 Å². The molecular weight excluding hydrogens is 250 g/mol. The Hall–Kier alpha value is -2.42. The van der Waals surface area contributed by atoms with Crippen LogP contribution in [0.3, 0.4) is 0 Å². The number of hydrogen-bond donors (Lipinski definition) is 1. The first-order valence-electron chi connectivity index (χ1n) is 6.77. The summed E-state index contributed by atoms with van der Waals surface area (Å²) < 4.78 is 0. The zero-order valence-electron chi connectivity index (χ0n) is 10.9. The van der Waals surface area contributed by atoms with E-state index >= 15 is 0 Å². The number of aromatic amines is 1. The van der Waals surface area contributed by atoms with Crippen LogP contribution < -0.4 is 0 Å². The molecule has 4 rings (SSSR count). The van der Waals surface area contributed by atoms with Crippen molar-refractivity contribution in [2.45, 2.75) is 12.8 Å². The lowest BCUT2D eigenvalue weighted by molar-refractivity contribution is 0.0977. The summed E-state index contributed by atoms with van der Waals surface area (Å²) in [6.07, 6.45) is 2.29. The standard InChI is InChI=1S/C17H13NO2/c1-9(10-6-7-10)14-8-13-15(18-14)17(20)12-5-3-2-4-11(12)16(13)19/h2-5,8,10,18H,1,6-7H2. The Bertz CT molecular complexity index is 726. The number of fused-ring (bicyclic) bond motifs is 2. The van der Waals surface area contributed by atoms with Crippen LogP contribution in [-0.2, 0) is 0 Å². The highest BCUT2D eigenvalue weighted by Gasteiger charge is 2.33. The van der Waals surface area contributed by atoms with Crippen molar-refractivity contribution >= 4 is 17.1 Å². The van der Waals surface area contributed by atoms with Crippen LogP contribution in [0.15, 0.2) is 36.9 Å². The fourth-order valence-corrected chi connectivity index (χ4v) is 2.80. The number of ketones is 2. The molecular formula is C17H13NO2. The molecule has 98 valence electrons. The second-order valence-corrected chi connectivity index (χ2v) is 5.48. The van der Waals surface area contributed by atoms with E-state index in [1.54, 1.807) is 30.3 Å². The summed E-state index contributed by atoms with van der Waals surface area (Å²) in [4.78, 5) is 28.0. The van der Waals surface area contributed by atoms with E-state index in [-0.39, 0.29) is 11.6 Å². The lowest BCUT2D eigenvalue weighted by Crippen LogP contribution is -2.19. The van der Waals surface area contributed by atoms with E-state index < -0.39 is 0 Å². The number of aromatic nitrogens is 1. The van der Waals surface area contributed by atoms with Crippen molar-refractivity contribution < 1.29 is 9.59 Å². The zero-order chi connectivity index (χ0) is 13.9. The van der Waals surface area contributed by atoms with Gasteiger partial charge in [0.2, 0.25) is 5.78 Å². The van der Waals surface area contributed by atoms with Crippen molar-refractivity contribution in [1.82, 2.24) is 4.98 Å². The maximum absolute atomic E-state index is 12.5. The van der Waals surface area contributed by atoms with Gasteiger partial charge in [-0.25, -0.2) is 0 Å². The first-order valence-corrected chi connectivity index (χ1v) is 6.77. The van der Waals surface area contributed by atoms with Crippen molar-refractivity contribution in [3.05, 3.63) is 65.0 Å². The van der Waals surface area contributed by atoms with E-state index in [1.165, 1.54) is 0 Å². The number of hydrogen-bond acceptors (Lipinski definition) is 2. The minimum atomic E-state index is -0.106. The summed E-state index contributed by atoms with van der Waals surface area (Å²) in [7, 11) is 0. The Labute approximate surface area is 116 Å². The van der Waals surface area contributed by atoms with Crippen LogP contribution in [-0.4, -0.2) is 16.6 Å². The van der Waals surface area contributed by atoms with E-state index in [4.69, 9.17) is 0 Å². The van der Waals surface area contributed by atoms with Gasteiger partial charge >= 0.3 is 0 Å². The number of allylic oxidation sites excluding steroid dienone is 1. The van der Waals surface area contributed by atoms with Gasteiger partial charge < -0.3 is 4.98 Å². The topological polar surface area (TPSA) is 49.9 Å². The third-order valence-electron chi connectivity index (χ3n) is 4.12. The zero-order valence-corrected chi connectivity index (χ0v) is 10.9. The number of H-pyrrole nitrogens is 1. The predicted octanol–water partition coefficient (Wildman–Crippen LogP) is 3.21. The molecule has 1 saturated carbocycles. The van der Waals surface area contributed by atoms with Crippen LogP contribution in [0.1, 0.15) is 50.5 Å². The molecule has 1 aromatic heterocycles. The van der Waals surface area contributed by atoms with Gasteiger partial charge in [0.05, 0.1) is 11.3 Å². The van der Waals surface area contributed by atoms with Crippen LogP contribution in [0.5, 0.6) is 0 Å². The average molecular weight is 263 g/mol. The molecule has 0 saturated heterocycles. The van der Waals surface area contributed by atoms with Gasteiger partial charge in [0.25, 0.3) is 0 Å². The molecule has 0 spiro atoms. The molecule has 0 unspecified atom stereocenters.